The van der Waals surface area contributed by atoms with Gasteiger partial charge in [0.25, 0.3) is 5.56 Å². The summed E-state index contributed by atoms with van der Waals surface area (Å²) in [6.45, 7) is 5.40. The van der Waals surface area contributed by atoms with E-state index < -0.39 is 0 Å². The number of halogens is 1. The maximum atomic E-state index is 11.6. The van der Waals surface area contributed by atoms with Crippen LogP contribution < -0.4 is 15.4 Å². The summed E-state index contributed by atoms with van der Waals surface area (Å²) in [7, 11) is 0. The van der Waals surface area contributed by atoms with Gasteiger partial charge in [0.15, 0.2) is 0 Å². The third-order valence-corrected chi connectivity index (χ3v) is 4.84. The second kappa shape index (κ2) is 6.62. The van der Waals surface area contributed by atoms with Gasteiger partial charge in [-0.15, -0.1) is 0 Å². The third-order valence-electron chi connectivity index (χ3n) is 3.66. The van der Waals surface area contributed by atoms with Crippen LogP contribution >= 0.6 is 23.1 Å². The number of aromatic nitrogens is 4. The van der Waals surface area contributed by atoms with Crippen LogP contribution in [0.1, 0.15) is 19.2 Å². The van der Waals surface area contributed by atoms with Crippen LogP contribution in [0, 0.1) is 0 Å². The highest BCUT2D eigenvalue weighted by Crippen LogP contribution is 2.24. The Morgan fingerprint density at radius 3 is 2.86 bits per heavy atom. The molecule has 0 unspecified atom stereocenters. The van der Waals surface area contributed by atoms with Crippen molar-refractivity contribution >= 4 is 34.0 Å². The number of aromatic amines is 1. The van der Waals surface area contributed by atoms with E-state index in [4.69, 9.17) is 11.6 Å². The molecule has 0 atom stereocenters. The fraction of sp³-hybridized carbons (Fsp3) is 0.538. The van der Waals surface area contributed by atoms with Crippen LogP contribution in [0.3, 0.4) is 0 Å². The second-order valence-corrected chi connectivity index (χ2v) is 6.18. The summed E-state index contributed by atoms with van der Waals surface area (Å²) in [5, 5.41) is 7.36. The second-order valence-electron chi connectivity index (χ2n) is 5.07. The largest absolute Gasteiger partial charge is 0.367 e. The van der Waals surface area contributed by atoms with E-state index in [1.54, 1.807) is 6.20 Å². The summed E-state index contributed by atoms with van der Waals surface area (Å²) < 4.78 is 4.34. The van der Waals surface area contributed by atoms with Crippen LogP contribution in [-0.2, 0) is 6.42 Å². The highest BCUT2D eigenvalue weighted by molar-refractivity contribution is 7.09. The number of hydrogen-bond acceptors (Lipinski definition) is 7. The minimum absolute atomic E-state index is 0.202. The number of hydrogen-bond donors (Lipinski definition) is 1. The molecule has 0 saturated carbocycles. The molecule has 0 aromatic carbocycles. The normalized spacial score (nSPS) is 15.9. The Bertz CT molecular complexity index is 702. The van der Waals surface area contributed by atoms with Gasteiger partial charge in [0.05, 0.1) is 11.9 Å². The van der Waals surface area contributed by atoms with Gasteiger partial charge in [-0.2, -0.15) is 9.47 Å². The van der Waals surface area contributed by atoms with Gasteiger partial charge in [0.1, 0.15) is 10.8 Å². The van der Waals surface area contributed by atoms with Gasteiger partial charge < -0.3 is 9.80 Å². The van der Waals surface area contributed by atoms with Crippen LogP contribution in [0.25, 0.3) is 0 Å². The summed E-state index contributed by atoms with van der Waals surface area (Å²) >= 11 is 7.54. The monoisotopic (exact) mass is 340 g/mol. The zero-order valence-corrected chi connectivity index (χ0v) is 13.8. The predicted octanol–water partition coefficient (Wildman–Crippen LogP) is 1.55. The number of nitrogens with one attached hydrogen (secondary N) is 1. The molecule has 22 heavy (non-hydrogen) atoms. The molecule has 3 heterocycles. The van der Waals surface area contributed by atoms with Crippen LogP contribution in [-0.4, -0.2) is 45.7 Å². The van der Waals surface area contributed by atoms with Crippen molar-refractivity contribution in [1.82, 2.24) is 19.6 Å². The molecule has 0 bridgehead atoms. The average molecular weight is 341 g/mol. The smallest absolute Gasteiger partial charge is 0.285 e. The van der Waals surface area contributed by atoms with Crippen LogP contribution in [0.2, 0.25) is 5.02 Å². The lowest BCUT2D eigenvalue weighted by Crippen LogP contribution is -2.31. The van der Waals surface area contributed by atoms with E-state index in [-0.39, 0.29) is 10.6 Å². The highest BCUT2D eigenvalue weighted by atomic mass is 35.5. The highest BCUT2D eigenvalue weighted by Gasteiger charge is 2.20. The molecule has 2 aromatic rings. The number of anilines is 2. The molecule has 0 amide bonds. The lowest BCUT2D eigenvalue weighted by atomic mass is 10.3. The molecule has 0 aliphatic carbocycles. The number of aryl methyl sites for hydroxylation is 1. The van der Waals surface area contributed by atoms with E-state index in [0.717, 1.165) is 50.0 Å². The van der Waals surface area contributed by atoms with Gasteiger partial charge in [0.2, 0.25) is 5.13 Å². The van der Waals surface area contributed by atoms with Crippen molar-refractivity contribution < 1.29 is 0 Å². The molecule has 9 heteroatoms. The van der Waals surface area contributed by atoms with E-state index >= 15 is 0 Å². The van der Waals surface area contributed by atoms with Crippen molar-refractivity contribution in [2.75, 3.05) is 36.0 Å². The Labute approximate surface area is 137 Å². The fourth-order valence-electron chi connectivity index (χ4n) is 2.46. The van der Waals surface area contributed by atoms with E-state index in [1.165, 1.54) is 11.5 Å². The molecule has 1 fully saturated rings. The quantitative estimate of drug-likeness (QED) is 0.913. The maximum Gasteiger partial charge on any atom is 0.285 e. The topological polar surface area (TPSA) is 78.0 Å². The van der Waals surface area contributed by atoms with Gasteiger partial charge in [-0.25, -0.2) is 10.1 Å². The number of rotatable bonds is 3. The minimum Gasteiger partial charge on any atom is -0.367 e. The van der Waals surface area contributed by atoms with Gasteiger partial charge in [-0.1, -0.05) is 18.5 Å². The Morgan fingerprint density at radius 2 is 2.09 bits per heavy atom. The Kier molecular flexibility index (Phi) is 4.58. The predicted molar refractivity (Wildman–Crippen MR) is 88.2 cm³/mol. The van der Waals surface area contributed by atoms with Crippen LogP contribution in [0.5, 0.6) is 0 Å². The van der Waals surface area contributed by atoms with Crippen molar-refractivity contribution in [3.05, 3.63) is 27.4 Å². The van der Waals surface area contributed by atoms with Crippen molar-refractivity contribution in [2.45, 2.75) is 19.8 Å². The molecular weight excluding hydrogens is 324 g/mol. The first-order chi connectivity index (χ1) is 10.7. The van der Waals surface area contributed by atoms with Gasteiger partial charge in [-0.3, -0.25) is 4.79 Å². The summed E-state index contributed by atoms with van der Waals surface area (Å²) in [5.41, 5.74) is 0.343. The lowest BCUT2D eigenvalue weighted by molar-refractivity contribution is 0.799. The van der Waals surface area contributed by atoms with E-state index in [0.29, 0.717) is 5.69 Å². The number of nitrogens with zero attached hydrogens (tertiary/aromatic N) is 5. The molecule has 118 valence electrons. The molecule has 2 aromatic heterocycles. The summed E-state index contributed by atoms with van der Waals surface area (Å²) in [6, 6.07) is 0. The van der Waals surface area contributed by atoms with E-state index in [1.807, 2.05) is 0 Å². The average Bonchev–Trinajstić information content (AvgIpc) is 2.88. The molecule has 0 radical (unpaired) electrons. The molecule has 1 aliphatic rings. The van der Waals surface area contributed by atoms with Crippen LogP contribution in [0.4, 0.5) is 10.8 Å². The first-order valence-corrected chi connectivity index (χ1v) is 8.40. The van der Waals surface area contributed by atoms with Gasteiger partial charge >= 0.3 is 0 Å². The Morgan fingerprint density at radius 1 is 1.32 bits per heavy atom. The molecule has 1 saturated heterocycles. The zero-order chi connectivity index (χ0) is 15.5. The first-order valence-electron chi connectivity index (χ1n) is 7.24. The standard InChI is InChI=1S/C13H17ClN6OS/c1-2-10-16-13(22-18-10)20-5-3-4-19(6-7-20)9-8-15-17-12(21)11(9)14/h8H,2-7H2,1H3,(H,17,21). The molecule has 3 rings (SSSR count). The number of H-pyrrole nitrogens is 1. The molecular formula is C13H17ClN6OS. The van der Waals surface area contributed by atoms with Crippen molar-refractivity contribution in [1.29, 1.82) is 0 Å². The summed E-state index contributed by atoms with van der Waals surface area (Å²) in [6.07, 6.45) is 3.42. The molecule has 1 N–H and O–H groups in total. The summed E-state index contributed by atoms with van der Waals surface area (Å²) in [4.78, 5) is 20.5. The molecule has 0 spiro atoms. The Hall–Kier alpha value is -1.67. The summed E-state index contributed by atoms with van der Waals surface area (Å²) in [5.74, 6) is 0.892. The fourth-order valence-corrected chi connectivity index (χ4v) is 3.47. The molecule has 7 nitrogen and oxygen atoms in total. The minimum atomic E-state index is -0.350. The molecule has 1 aliphatic heterocycles. The van der Waals surface area contributed by atoms with Gasteiger partial charge in [0, 0.05) is 44.1 Å². The lowest BCUT2D eigenvalue weighted by Gasteiger charge is -2.23. The van der Waals surface area contributed by atoms with Crippen LogP contribution in [0.15, 0.2) is 11.0 Å². The zero-order valence-electron chi connectivity index (χ0n) is 12.3. The van der Waals surface area contributed by atoms with Crippen molar-refractivity contribution in [2.24, 2.45) is 0 Å². The maximum absolute atomic E-state index is 11.6. The first kappa shape index (κ1) is 15.2. The Balaban J connectivity index is 1.74. The van der Waals surface area contributed by atoms with Crippen molar-refractivity contribution in [3.8, 4) is 0 Å². The van der Waals surface area contributed by atoms with E-state index in [9.17, 15) is 4.79 Å². The third kappa shape index (κ3) is 3.07. The SMILES string of the molecule is CCc1nsc(N2CCCN(c3cn[nH]c(=O)c3Cl)CC2)n1. The van der Waals surface area contributed by atoms with Gasteiger partial charge in [-0.05, 0) is 6.42 Å². The van der Waals surface area contributed by atoms with E-state index in [2.05, 4.69) is 36.3 Å². The van der Waals surface area contributed by atoms with Crippen molar-refractivity contribution in [3.63, 3.8) is 0 Å².